The average molecular weight is 400 g/mol. The first-order valence-corrected chi connectivity index (χ1v) is 9.94. The minimum atomic E-state index is -0.281. The average Bonchev–Trinajstić information content (AvgIpc) is 2.76. The van der Waals surface area contributed by atoms with Gasteiger partial charge in [-0.25, -0.2) is 4.39 Å². The zero-order valence-corrected chi connectivity index (χ0v) is 16.9. The van der Waals surface area contributed by atoms with Crippen LogP contribution in [0.5, 0.6) is 0 Å². The fourth-order valence-corrected chi connectivity index (χ4v) is 3.51. The van der Waals surface area contributed by atoms with Gasteiger partial charge in [0.2, 0.25) is 0 Å². The monoisotopic (exact) mass is 400 g/mol. The summed E-state index contributed by atoms with van der Waals surface area (Å²) in [5, 5.41) is 0. The number of ether oxygens (including phenoxy) is 1. The minimum absolute atomic E-state index is 0.244. The van der Waals surface area contributed by atoms with Crippen LogP contribution < -0.4 is 0 Å². The van der Waals surface area contributed by atoms with Crippen LogP contribution in [-0.2, 0) is 28.8 Å². The lowest BCUT2D eigenvalue weighted by Gasteiger charge is -2.14. The van der Waals surface area contributed by atoms with Crippen LogP contribution in [0.1, 0.15) is 16.7 Å². The molecule has 0 aliphatic heterocycles. The molecule has 2 nitrogen and oxygen atoms in total. The van der Waals surface area contributed by atoms with Crippen LogP contribution in [0.4, 0.5) is 4.39 Å². The molecule has 0 atom stereocenters. The van der Waals surface area contributed by atoms with Crippen LogP contribution in [0.25, 0.3) is 22.3 Å². The Hall–Kier alpha value is -3.46. The smallest absolute Gasteiger partial charge is 0.293 e. The van der Waals surface area contributed by atoms with Crippen LogP contribution >= 0.6 is 0 Å². The summed E-state index contributed by atoms with van der Waals surface area (Å²) in [6.07, 6.45) is 5.76. The van der Waals surface area contributed by atoms with Crippen molar-refractivity contribution in [2.24, 2.45) is 0 Å². The molecule has 0 aromatic heterocycles. The van der Waals surface area contributed by atoms with Gasteiger partial charge >= 0.3 is 0 Å². The standard InChI is InChI=1S/C27H25FO2/c1-3-5-20-7-11-22(12-8-20)25-18-27(28)26(17-24(25)15-16-30-19-29)23-13-9-21(6-4-2)10-14-23/h3-4,7-14,17-19H,1-2,5-6,15-16H2. The summed E-state index contributed by atoms with van der Waals surface area (Å²) >= 11 is 0. The Kier molecular flexibility index (Phi) is 7.34. The minimum Gasteiger partial charge on any atom is -0.468 e. The molecule has 0 bridgehead atoms. The molecule has 0 saturated carbocycles. The fourth-order valence-electron chi connectivity index (χ4n) is 3.51. The molecular formula is C27H25FO2. The Bertz CT molecular complexity index is 1020. The predicted octanol–water partition coefficient (Wildman–Crippen LogP) is 6.33. The Morgan fingerprint density at radius 3 is 1.83 bits per heavy atom. The topological polar surface area (TPSA) is 26.3 Å². The van der Waals surface area contributed by atoms with E-state index in [0.717, 1.165) is 46.2 Å². The highest BCUT2D eigenvalue weighted by Gasteiger charge is 2.13. The van der Waals surface area contributed by atoms with E-state index in [-0.39, 0.29) is 12.4 Å². The van der Waals surface area contributed by atoms with E-state index in [1.165, 1.54) is 0 Å². The van der Waals surface area contributed by atoms with Gasteiger partial charge in [-0.1, -0.05) is 60.7 Å². The first-order valence-electron chi connectivity index (χ1n) is 9.94. The number of carbonyl (C=O) groups is 1. The van der Waals surface area contributed by atoms with E-state index in [4.69, 9.17) is 4.74 Å². The number of hydrogen-bond acceptors (Lipinski definition) is 2. The van der Waals surface area contributed by atoms with Gasteiger partial charge in [0.25, 0.3) is 6.47 Å². The number of hydrogen-bond donors (Lipinski definition) is 0. The van der Waals surface area contributed by atoms with Crippen LogP contribution in [0.3, 0.4) is 0 Å². The quantitative estimate of drug-likeness (QED) is 0.226. The van der Waals surface area contributed by atoms with Crippen LogP contribution in [0, 0.1) is 5.82 Å². The largest absolute Gasteiger partial charge is 0.468 e. The van der Waals surface area contributed by atoms with E-state index in [9.17, 15) is 4.79 Å². The van der Waals surface area contributed by atoms with Crippen molar-refractivity contribution >= 4 is 6.47 Å². The normalized spacial score (nSPS) is 10.4. The Balaban J connectivity index is 2.01. The maximum absolute atomic E-state index is 15.1. The van der Waals surface area contributed by atoms with Crippen LogP contribution in [0.2, 0.25) is 0 Å². The molecule has 0 heterocycles. The van der Waals surface area contributed by atoms with E-state index >= 15 is 4.39 Å². The molecule has 0 unspecified atom stereocenters. The van der Waals surface area contributed by atoms with Crippen molar-refractivity contribution in [2.75, 3.05) is 6.61 Å². The van der Waals surface area contributed by atoms with Crippen molar-refractivity contribution in [3.8, 4) is 22.3 Å². The molecule has 30 heavy (non-hydrogen) atoms. The molecule has 3 rings (SSSR count). The SMILES string of the molecule is C=CCc1ccc(-c2cc(CCOC=O)c(-c3ccc(CC=C)cc3)cc2F)cc1. The molecule has 152 valence electrons. The van der Waals surface area contributed by atoms with Gasteiger partial charge in [0.05, 0.1) is 6.61 Å². The molecule has 3 aromatic carbocycles. The Labute approximate surface area is 177 Å². The highest BCUT2D eigenvalue weighted by molar-refractivity contribution is 5.74. The Morgan fingerprint density at radius 1 is 0.800 bits per heavy atom. The van der Waals surface area contributed by atoms with E-state index < -0.39 is 0 Å². The lowest BCUT2D eigenvalue weighted by atomic mass is 9.92. The van der Waals surface area contributed by atoms with Crippen molar-refractivity contribution in [2.45, 2.75) is 19.3 Å². The van der Waals surface area contributed by atoms with Gasteiger partial charge in [-0.3, -0.25) is 4.79 Å². The van der Waals surface area contributed by atoms with Crippen molar-refractivity contribution in [3.63, 3.8) is 0 Å². The number of allylic oxidation sites excluding steroid dienone is 2. The number of carbonyl (C=O) groups excluding carboxylic acids is 1. The molecule has 0 amide bonds. The van der Waals surface area contributed by atoms with Gasteiger partial charge in [-0.15, -0.1) is 13.2 Å². The van der Waals surface area contributed by atoms with Gasteiger partial charge in [-0.2, -0.15) is 0 Å². The zero-order valence-electron chi connectivity index (χ0n) is 16.9. The van der Waals surface area contributed by atoms with Crippen LogP contribution in [-0.4, -0.2) is 13.1 Å². The zero-order chi connectivity index (χ0) is 21.3. The molecule has 0 N–H and O–H groups in total. The van der Waals surface area contributed by atoms with E-state index in [1.807, 2.05) is 66.7 Å². The van der Waals surface area contributed by atoms with Gasteiger partial charge in [0.15, 0.2) is 0 Å². The molecule has 0 saturated heterocycles. The molecule has 0 radical (unpaired) electrons. The number of benzene rings is 3. The Morgan fingerprint density at radius 2 is 1.33 bits per heavy atom. The summed E-state index contributed by atoms with van der Waals surface area (Å²) in [7, 11) is 0. The van der Waals surface area contributed by atoms with E-state index in [0.29, 0.717) is 18.5 Å². The molecule has 0 fully saturated rings. The highest BCUT2D eigenvalue weighted by Crippen LogP contribution is 2.32. The summed E-state index contributed by atoms with van der Waals surface area (Å²) in [5.74, 6) is -0.281. The van der Waals surface area contributed by atoms with Gasteiger partial charge < -0.3 is 4.74 Å². The molecule has 3 heteroatoms. The summed E-state index contributed by atoms with van der Waals surface area (Å²) in [4.78, 5) is 10.6. The maximum atomic E-state index is 15.1. The van der Waals surface area contributed by atoms with Gasteiger partial charge in [0.1, 0.15) is 5.82 Å². The number of halogens is 1. The predicted molar refractivity (Wildman–Crippen MR) is 121 cm³/mol. The summed E-state index contributed by atoms with van der Waals surface area (Å²) in [5.41, 5.74) is 6.29. The molecular weight excluding hydrogens is 375 g/mol. The van der Waals surface area contributed by atoms with Crippen molar-refractivity contribution in [3.05, 3.63) is 108 Å². The summed E-state index contributed by atoms with van der Waals surface area (Å²) in [6, 6.07) is 19.3. The lowest BCUT2D eigenvalue weighted by Crippen LogP contribution is -2.01. The molecule has 0 aliphatic rings. The second kappa shape index (κ2) is 10.4. The first-order chi connectivity index (χ1) is 14.7. The summed E-state index contributed by atoms with van der Waals surface area (Å²) < 4.78 is 20.0. The highest BCUT2D eigenvalue weighted by atomic mass is 19.1. The van der Waals surface area contributed by atoms with Crippen molar-refractivity contribution in [1.29, 1.82) is 0 Å². The first kappa shape index (κ1) is 21.3. The third-order valence-electron chi connectivity index (χ3n) is 5.04. The maximum Gasteiger partial charge on any atom is 0.293 e. The lowest BCUT2D eigenvalue weighted by molar-refractivity contribution is -0.128. The molecule has 3 aromatic rings. The van der Waals surface area contributed by atoms with E-state index in [1.54, 1.807) is 6.07 Å². The third-order valence-corrected chi connectivity index (χ3v) is 5.04. The molecule has 0 spiro atoms. The second-order valence-electron chi connectivity index (χ2n) is 7.09. The third kappa shape index (κ3) is 5.12. The summed E-state index contributed by atoms with van der Waals surface area (Å²) in [6.45, 7) is 8.19. The van der Waals surface area contributed by atoms with Gasteiger partial charge in [-0.05, 0) is 58.4 Å². The van der Waals surface area contributed by atoms with Gasteiger partial charge in [0, 0.05) is 12.0 Å². The van der Waals surface area contributed by atoms with Crippen molar-refractivity contribution < 1.29 is 13.9 Å². The van der Waals surface area contributed by atoms with E-state index in [2.05, 4.69) is 13.2 Å². The van der Waals surface area contributed by atoms with Crippen molar-refractivity contribution in [1.82, 2.24) is 0 Å². The van der Waals surface area contributed by atoms with Crippen LogP contribution in [0.15, 0.2) is 86.0 Å². The fraction of sp³-hybridized carbons (Fsp3) is 0.148. The molecule has 0 aliphatic carbocycles. The second-order valence-corrected chi connectivity index (χ2v) is 7.09. The number of rotatable bonds is 10.